The van der Waals surface area contributed by atoms with Crippen LogP contribution in [0.3, 0.4) is 0 Å². The van der Waals surface area contributed by atoms with E-state index in [-0.39, 0.29) is 6.10 Å². The highest BCUT2D eigenvalue weighted by atomic mass is 16.8. The molecule has 2 atom stereocenters. The van der Waals surface area contributed by atoms with E-state index in [1.165, 1.54) is 0 Å². The zero-order valence-electron chi connectivity index (χ0n) is 10.7. The van der Waals surface area contributed by atoms with E-state index in [0.717, 1.165) is 5.76 Å². The highest BCUT2D eigenvalue weighted by molar-refractivity contribution is 5.00. The molecule has 2 fully saturated rings. The van der Waals surface area contributed by atoms with Gasteiger partial charge < -0.3 is 24.1 Å². The molecule has 98 valence electrons. The quantitative estimate of drug-likeness (QED) is 0.798. The topological polar surface area (TPSA) is 57.2 Å². The number of rotatable bonds is 2. The van der Waals surface area contributed by atoms with Crippen LogP contribution in [0.15, 0.2) is 11.8 Å². The Kier molecular flexibility index (Phi) is 3.20. The molecule has 0 saturated carbocycles. The van der Waals surface area contributed by atoms with Crippen molar-refractivity contribution < 1.29 is 24.1 Å². The number of ether oxygens (including phenoxy) is 4. The summed E-state index contributed by atoms with van der Waals surface area (Å²) in [7, 11) is 0. The lowest BCUT2D eigenvalue weighted by atomic mass is 10.2. The van der Waals surface area contributed by atoms with Crippen LogP contribution in [0, 0.1) is 0 Å². The molecule has 0 aromatic carbocycles. The van der Waals surface area contributed by atoms with Gasteiger partial charge in [-0.1, -0.05) is 0 Å². The van der Waals surface area contributed by atoms with Crippen molar-refractivity contribution in [2.75, 3.05) is 6.61 Å². The van der Waals surface area contributed by atoms with Gasteiger partial charge in [0.25, 0.3) is 0 Å². The lowest BCUT2D eigenvalue weighted by Crippen LogP contribution is -2.21. The molecule has 17 heavy (non-hydrogen) atoms. The number of hydrogen-bond donors (Lipinski definition) is 1. The second-order valence-electron chi connectivity index (χ2n) is 5.26. The molecule has 5 nitrogen and oxygen atoms in total. The summed E-state index contributed by atoms with van der Waals surface area (Å²) in [5, 5.41) is 9.65. The van der Waals surface area contributed by atoms with E-state index in [9.17, 15) is 5.11 Å². The molecule has 0 spiro atoms. The summed E-state index contributed by atoms with van der Waals surface area (Å²) in [4.78, 5) is 0. The Balaban J connectivity index is 1.89. The summed E-state index contributed by atoms with van der Waals surface area (Å²) in [5.74, 6) is -0.512. The number of hydrogen-bond acceptors (Lipinski definition) is 5. The second-order valence-corrected chi connectivity index (χ2v) is 5.26. The normalized spacial score (nSPS) is 37.4. The van der Waals surface area contributed by atoms with E-state index < -0.39 is 17.9 Å². The fourth-order valence-corrected chi connectivity index (χ4v) is 1.95. The molecule has 0 aromatic heterocycles. The predicted molar refractivity (Wildman–Crippen MR) is 59.9 cm³/mol. The maximum Gasteiger partial charge on any atom is 0.204 e. The minimum absolute atomic E-state index is 0.357. The second kappa shape index (κ2) is 4.24. The summed E-state index contributed by atoms with van der Waals surface area (Å²) >= 11 is 0. The monoisotopic (exact) mass is 244 g/mol. The Morgan fingerprint density at radius 3 is 2.41 bits per heavy atom. The van der Waals surface area contributed by atoms with Gasteiger partial charge in [-0.3, -0.25) is 0 Å². The van der Waals surface area contributed by atoms with Gasteiger partial charge in [0.1, 0.15) is 18.5 Å². The van der Waals surface area contributed by atoms with Gasteiger partial charge in [0, 0.05) is 20.3 Å². The maximum atomic E-state index is 9.65. The Morgan fingerprint density at radius 1 is 1.24 bits per heavy atom. The van der Waals surface area contributed by atoms with Gasteiger partial charge in [0.05, 0.1) is 0 Å². The van der Waals surface area contributed by atoms with Gasteiger partial charge in [-0.05, 0) is 19.9 Å². The van der Waals surface area contributed by atoms with Gasteiger partial charge in [-0.15, -0.1) is 0 Å². The lowest BCUT2D eigenvalue weighted by Gasteiger charge is -2.16. The lowest BCUT2D eigenvalue weighted by molar-refractivity contribution is -0.174. The Morgan fingerprint density at radius 2 is 1.94 bits per heavy atom. The molecule has 2 aliphatic rings. The van der Waals surface area contributed by atoms with Crippen LogP contribution in [0.25, 0.3) is 0 Å². The molecule has 0 aliphatic carbocycles. The molecule has 5 heteroatoms. The van der Waals surface area contributed by atoms with Crippen molar-refractivity contribution in [1.29, 1.82) is 0 Å². The molecule has 0 bridgehead atoms. The first-order chi connectivity index (χ1) is 7.77. The zero-order chi connectivity index (χ0) is 12.7. The van der Waals surface area contributed by atoms with Crippen molar-refractivity contribution in [1.82, 2.24) is 0 Å². The molecule has 2 aliphatic heterocycles. The third-order valence-electron chi connectivity index (χ3n) is 2.67. The summed E-state index contributed by atoms with van der Waals surface area (Å²) in [6.45, 7) is 7.74. The van der Waals surface area contributed by atoms with Crippen molar-refractivity contribution in [3.8, 4) is 0 Å². The summed E-state index contributed by atoms with van der Waals surface area (Å²) in [6, 6.07) is 0. The molecular formula is C12H20O5. The first-order valence-corrected chi connectivity index (χ1v) is 5.83. The smallest absolute Gasteiger partial charge is 0.204 e. The van der Waals surface area contributed by atoms with Gasteiger partial charge in [0.2, 0.25) is 5.79 Å². The van der Waals surface area contributed by atoms with E-state index in [2.05, 4.69) is 0 Å². The molecular weight excluding hydrogens is 224 g/mol. The van der Waals surface area contributed by atoms with E-state index in [0.29, 0.717) is 13.0 Å². The summed E-state index contributed by atoms with van der Waals surface area (Å²) < 4.78 is 21.8. The highest BCUT2D eigenvalue weighted by Gasteiger charge is 2.40. The van der Waals surface area contributed by atoms with Crippen LogP contribution in [-0.2, 0) is 18.9 Å². The van der Waals surface area contributed by atoms with E-state index >= 15 is 0 Å². The number of aliphatic hydroxyl groups excluding tert-OH is 1. The predicted octanol–water partition coefficient (Wildman–Crippen LogP) is 1.51. The molecule has 0 aromatic rings. The van der Waals surface area contributed by atoms with Crippen LogP contribution in [0.1, 0.15) is 34.1 Å². The summed E-state index contributed by atoms with van der Waals surface area (Å²) in [6.07, 6.45) is 1.18. The van der Waals surface area contributed by atoms with Crippen molar-refractivity contribution in [3.63, 3.8) is 0 Å². The largest absolute Gasteiger partial charge is 0.465 e. The fourth-order valence-electron chi connectivity index (χ4n) is 1.95. The Labute approximate surface area is 101 Å². The van der Waals surface area contributed by atoms with E-state index in [4.69, 9.17) is 18.9 Å². The van der Waals surface area contributed by atoms with Crippen molar-refractivity contribution in [2.45, 2.75) is 58.1 Å². The molecule has 2 rings (SSSR count). The standard InChI is InChI=1S/C12H20O5/c1-11(2)14-7-8(15-11)5-6-9-10(13)17-12(3,4)16-9/h5,9-10,13H,6-7H2,1-4H3/b8-5+/t9?,10-/m1/s1. The van der Waals surface area contributed by atoms with Gasteiger partial charge >= 0.3 is 0 Å². The molecule has 0 radical (unpaired) electrons. The average Bonchev–Trinajstić information content (AvgIpc) is 2.63. The minimum atomic E-state index is -0.891. The van der Waals surface area contributed by atoms with Crippen molar-refractivity contribution in [3.05, 3.63) is 11.8 Å². The molecule has 1 unspecified atom stereocenters. The van der Waals surface area contributed by atoms with E-state index in [1.807, 2.05) is 19.9 Å². The van der Waals surface area contributed by atoms with Gasteiger partial charge in [0.15, 0.2) is 12.1 Å². The molecule has 0 amide bonds. The van der Waals surface area contributed by atoms with Crippen molar-refractivity contribution >= 4 is 0 Å². The van der Waals surface area contributed by atoms with Crippen LogP contribution in [0.4, 0.5) is 0 Å². The first-order valence-electron chi connectivity index (χ1n) is 5.83. The van der Waals surface area contributed by atoms with Crippen LogP contribution >= 0.6 is 0 Å². The molecule has 1 N–H and O–H groups in total. The number of aliphatic hydroxyl groups is 1. The minimum Gasteiger partial charge on any atom is -0.465 e. The van der Waals surface area contributed by atoms with Crippen LogP contribution in [0.2, 0.25) is 0 Å². The molecule has 2 heterocycles. The van der Waals surface area contributed by atoms with Crippen molar-refractivity contribution in [2.24, 2.45) is 0 Å². The average molecular weight is 244 g/mol. The van der Waals surface area contributed by atoms with Gasteiger partial charge in [-0.2, -0.15) is 0 Å². The van der Waals surface area contributed by atoms with Crippen LogP contribution in [0.5, 0.6) is 0 Å². The van der Waals surface area contributed by atoms with Gasteiger partial charge in [-0.25, -0.2) is 0 Å². The Bertz CT molecular complexity index is 321. The highest BCUT2D eigenvalue weighted by Crippen LogP contribution is 2.30. The summed E-state index contributed by atoms with van der Waals surface area (Å²) in [5.41, 5.74) is 0. The maximum absolute atomic E-state index is 9.65. The van der Waals surface area contributed by atoms with E-state index in [1.54, 1.807) is 13.8 Å². The zero-order valence-corrected chi connectivity index (χ0v) is 10.7. The van der Waals surface area contributed by atoms with Crippen LogP contribution in [-0.4, -0.2) is 35.7 Å². The SMILES string of the molecule is CC1(C)OC/C(=C\CC2OC(C)(C)O[C@H]2O)O1. The fraction of sp³-hybridized carbons (Fsp3) is 0.833. The Hall–Kier alpha value is -0.620. The third-order valence-corrected chi connectivity index (χ3v) is 2.67. The first kappa shape index (κ1) is 12.8. The third kappa shape index (κ3) is 3.19. The molecule has 2 saturated heterocycles. The van der Waals surface area contributed by atoms with Crippen LogP contribution < -0.4 is 0 Å².